The van der Waals surface area contributed by atoms with E-state index in [2.05, 4.69) is 9.88 Å². The number of pyridine rings is 1. The van der Waals surface area contributed by atoms with Crippen molar-refractivity contribution in [1.82, 2.24) is 9.88 Å². The molecule has 0 amide bonds. The quantitative estimate of drug-likeness (QED) is 0.785. The Morgan fingerprint density at radius 1 is 1.38 bits per heavy atom. The molecule has 0 aliphatic carbocycles. The Kier molecular flexibility index (Phi) is 5.22. The summed E-state index contributed by atoms with van der Waals surface area (Å²) < 4.78 is 5.54. The lowest BCUT2D eigenvalue weighted by Crippen LogP contribution is -2.19. The minimum Gasteiger partial charge on any atom is -0.476 e. The second-order valence-corrected chi connectivity index (χ2v) is 3.97. The van der Waals surface area contributed by atoms with Crippen molar-refractivity contribution in [2.45, 2.75) is 20.0 Å². The molecule has 0 fully saturated rings. The van der Waals surface area contributed by atoms with E-state index in [1.807, 2.05) is 27.1 Å². The maximum Gasteiger partial charge on any atom is 0.213 e. The van der Waals surface area contributed by atoms with E-state index in [4.69, 9.17) is 9.84 Å². The molecule has 1 N–H and O–H groups in total. The number of nitrogens with zero attached hydrogens (tertiary/aromatic N) is 2. The Labute approximate surface area is 96.9 Å². The zero-order chi connectivity index (χ0) is 12.0. The first-order valence-electron chi connectivity index (χ1n) is 5.54. The third kappa shape index (κ3) is 4.16. The summed E-state index contributed by atoms with van der Waals surface area (Å²) in [7, 11) is 4.00. The van der Waals surface area contributed by atoms with E-state index < -0.39 is 0 Å². The highest BCUT2D eigenvalue weighted by Crippen LogP contribution is 2.13. The van der Waals surface area contributed by atoms with E-state index in [9.17, 15) is 0 Å². The summed E-state index contributed by atoms with van der Waals surface area (Å²) >= 11 is 0. The molecular weight excluding hydrogens is 204 g/mol. The smallest absolute Gasteiger partial charge is 0.213 e. The molecule has 1 heterocycles. The van der Waals surface area contributed by atoms with Crippen LogP contribution in [0.3, 0.4) is 0 Å². The highest BCUT2D eigenvalue weighted by Gasteiger charge is 2.02. The van der Waals surface area contributed by atoms with Crippen molar-refractivity contribution in [3.05, 3.63) is 23.4 Å². The largest absolute Gasteiger partial charge is 0.476 e. The van der Waals surface area contributed by atoms with E-state index in [1.54, 1.807) is 6.07 Å². The summed E-state index contributed by atoms with van der Waals surface area (Å²) in [6.07, 6.45) is 0.845. The second kappa shape index (κ2) is 6.45. The fraction of sp³-hybridized carbons (Fsp3) is 0.583. The first-order valence-corrected chi connectivity index (χ1v) is 5.54. The lowest BCUT2D eigenvalue weighted by molar-refractivity contribution is 0.250. The predicted molar refractivity (Wildman–Crippen MR) is 63.6 cm³/mol. The van der Waals surface area contributed by atoms with Crippen LogP contribution in [-0.4, -0.2) is 42.2 Å². The summed E-state index contributed by atoms with van der Waals surface area (Å²) in [5, 5.41) is 9.10. The molecule has 1 aromatic rings. The Morgan fingerprint density at radius 3 is 2.69 bits per heavy atom. The van der Waals surface area contributed by atoms with Crippen LogP contribution >= 0.6 is 0 Å². The first-order chi connectivity index (χ1) is 7.65. The normalized spacial score (nSPS) is 10.8. The third-order valence-electron chi connectivity index (χ3n) is 2.25. The Balaban J connectivity index is 2.64. The molecule has 0 aliphatic rings. The second-order valence-electron chi connectivity index (χ2n) is 3.97. The number of hydrogen-bond acceptors (Lipinski definition) is 4. The lowest BCUT2D eigenvalue weighted by Gasteiger charge is -2.11. The first kappa shape index (κ1) is 12.9. The number of aliphatic hydroxyl groups excluding tert-OH is 1. The van der Waals surface area contributed by atoms with Gasteiger partial charge in [-0.2, -0.15) is 0 Å². The van der Waals surface area contributed by atoms with Crippen LogP contribution < -0.4 is 4.74 Å². The molecule has 90 valence electrons. The minimum absolute atomic E-state index is 0.0273. The van der Waals surface area contributed by atoms with Crippen molar-refractivity contribution in [1.29, 1.82) is 0 Å². The van der Waals surface area contributed by atoms with Gasteiger partial charge in [-0.15, -0.1) is 0 Å². The summed E-state index contributed by atoms with van der Waals surface area (Å²) in [5.74, 6) is 0.602. The van der Waals surface area contributed by atoms with Gasteiger partial charge in [0.15, 0.2) is 0 Å². The highest BCUT2D eigenvalue weighted by molar-refractivity contribution is 5.24. The molecule has 0 unspecified atom stereocenters. The Hall–Kier alpha value is -1.13. The predicted octanol–water partition coefficient (Wildman–Crippen LogP) is 1.08. The summed E-state index contributed by atoms with van der Waals surface area (Å²) in [4.78, 5) is 6.40. The Bertz CT molecular complexity index is 305. The molecule has 0 bridgehead atoms. The van der Waals surface area contributed by atoms with E-state index >= 15 is 0 Å². The van der Waals surface area contributed by atoms with E-state index in [0.717, 1.165) is 24.2 Å². The van der Waals surface area contributed by atoms with Crippen molar-refractivity contribution in [2.24, 2.45) is 0 Å². The maximum absolute atomic E-state index is 9.10. The fourth-order valence-electron chi connectivity index (χ4n) is 1.30. The number of aromatic nitrogens is 1. The molecular formula is C12H20N2O2. The number of aryl methyl sites for hydroxylation is 1. The molecule has 0 aromatic carbocycles. The maximum atomic E-state index is 9.10. The van der Waals surface area contributed by atoms with Crippen molar-refractivity contribution in [2.75, 3.05) is 27.2 Å². The molecule has 0 saturated carbocycles. The van der Waals surface area contributed by atoms with Crippen LogP contribution in [0.15, 0.2) is 12.1 Å². The fourth-order valence-corrected chi connectivity index (χ4v) is 1.30. The number of aliphatic hydroxyl groups is 1. The van der Waals surface area contributed by atoms with Gasteiger partial charge in [0, 0.05) is 18.3 Å². The molecule has 4 heteroatoms. The van der Waals surface area contributed by atoms with Crippen LogP contribution in [0.4, 0.5) is 0 Å². The SMILES string of the molecule is CCc1cc(CO)cc(OCCN(C)C)n1. The zero-order valence-electron chi connectivity index (χ0n) is 10.2. The van der Waals surface area contributed by atoms with E-state index in [-0.39, 0.29) is 6.61 Å². The van der Waals surface area contributed by atoms with Crippen LogP contribution in [0.1, 0.15) is 18.2 Å². The number of ether oxygens (including phenoxy) is 1. The van der Waals surface area contributed by atoms with Crippen LogP contribution in [0.25, 0.3) is 0 Å². The van der Waals surface area contributed by atoms with Crippen molar-refractivity contribution in [3.63, 3.8) is 0 Å². The molecule has 4 nitrogen and oxygen atoms in total. The van der Waals surface area contributed by atoms with Gasteiger partial charge in [-0.3, -0.25) is 0 Å². The molecule has 0 radical (unpaired) electrons. The molecule has 0 atom stereocenters. The topological polar surface area (TPSA) is 45.6 Å². The van der Waals surface area contributed by atoms with Gasteiger partial charge in [0.05, 0.1) is 6.61 Å². The third-order valence-corrected chi connectivity index (χ3v) is 2.25. The van der Waals surface area contributed by atoms with Gasteiger partial charge >= 0.3 is 0 Å². The van der Waals surface area contributed by atoms with Gasteiger partial charge in [0.2, 0.25) is 5.88 Å². The molecule has 1 aromatic heterocycles. The molecule has 0 spiro atoms. The minimum atomic E-state index is 0.0273. The van der Waals surface area contributed by atoms with Gasteiger partial charge in [0.1, 0.15) is 6.61 Å². The molecule has 0 aliphatic heterocycles. The average Bonchev–Trinajstić information content (AvgIpc) is 2.28. The van der Waals surface area contributed by atoms with Crippen molar-refractivity contribution < 1.29 is 9.84 Å². The average molecular weight is 224 g/mol. The van der Waals surface area contributed by atoms with Crippen molar-refractivity contribution in [3.8, 4) is 5.88 Å². The molecule has 0 saturated heterocycles. The van der Waals surface area contributed by atoms with E-state index in [1.165, 1.54) is 0 Å². The van der Waals surface area contributed by atoms with E-state index in [0.29, 0.717) is 12.5 Å². The van der Waals surface area contributed by atoms with Gasteiger partial charge in [-0.1, -0.05) is 6.92 Å². The number of likely N-dealkylation sites (N-methyl/N-ethyl adjacent to an activating group) is 1. The Morgan fingerprint density at radius 2 is 2.12 bits per heavy atom. The van der Waals surface area contributed by atoms with Gasteiger partial charge < -0.3 is 14.7 Å². The zero-order valence-corrected chi connectivity index (χ0v) is 10.2. The monoisotopic (exact) mass is 224 g/mol. The summed E-state index contributed by atoms with van der Waals surface area (Å²) in [6, 6.07) is 3.69. The van der Waals surface area contributed by atoms with Crippen LogP contribution in [0.5, 0.6) is 5.88 Å². The van der Waals surface area contributed by atoms with Crippen LogP contribution in [-0.2, 0) is 13.0 Å². The van der Waals surface area contributed by atoms with Crippen LogP contribution in [0, 0.1) is 0 Å². The standard InChI is InChI=1S/C12H20N2O2/c1-4-11-7-10(9-15)8-12(13-11)16-6-5-14(2)3/h7-8,15H,4-6,9H2,1-3H3. The van der Waals surface area contributed by atoms with Crippen molar-refractivity contribution >= 4 is 0 Å². The lowest BCUT2D eigenvalue weighted by atomic mass is 10.2. The highest BCUT2D eigenvalue weighted by atomic mass is 16.5. The van der Waals surface area contributed by atoms with Crippen LogP contribution in [0.2, 0.25) is 0 Å². The molecule has 16 heavy (non-hydrogen) atoms. The summed E-state index contributed by atoms with van der Waals surface area (Å²) in [5.41, 5.74) is 1.80. The van der Waals surface area contributed by atoms with Gasteiger partial charge in [-0.05, 0) is 32.1 Å². The van der Waals surface area contributed by atoms with Gasteiger partial charge in [-0.25, -0.2) is 4.98 Å². The molecule has 1 rings (SSSR count). The number of hydrogen-bond donors (Lipinski definition) is 1. The summed E-state index contributed by atoms with van der Waals surface area (Å²) in [6.45, 7) is 3.52. The number of rotatable bonds is 6. The van der Waals surface area contributed by atoms with Gasteiger partial charge in [0.25, 0.3) is 0 Å².